The number of H-pyrrole nitrogens is 1. The molecule has 0 saturated carbocycles. The van der Waals surface area contributed by atoms with Gasteiger partial charge in [0.05, 0.1) is 0 Å². The number of rotatable bonds is 3. The normalized spacial score (nSPS) is 16.1. The number of nitrogens with two attached hydrogens (primary N) is 1. The Morgan fingerprint density at radius 3 is 2.32 bits per heavy atom. The summed E-state index contributed by atoms with van der Waals surface area (Å²) in [5, 5.41) is 3.33. The second-order valence-electron chi connectivity index (χ2n) is 5.34. The van der Waals surface area contributed by atoms with E-state index >= 15 is 0 Å². The summed E-state index contributed by atoms with van der Waals surface area (Å²) in [5.74, 6) is -0.249. The van der Waals surface area contributed by atoms with Gasteiger partial charge in [0.25, 0.3) is 11.8 Å². The molecule has 2 amide bonds. The lowest BCUT2D eigenvalue weighted by molar-refractivity contribution is -0.123. The molecule has 0 fully saturated rings. The van der Waals surface area contributed by atoms with Crippen molar-refractivity contribution in [1.29, 1.82) is 0 Å². The van der Waals surface area contributed by atoms with E-state index in [1.165, 1.54) is 28.6 Å². The third kappa shape index (κ3) is 3.62. The van der Waals surface area contributed by atoms with Crippen molar-refractivity contribution in [2.24, 2.45) is 5.73 Å². The summed E-state index contributed by atoms with van der Waals surface area (Å²) in [7, 11) is 0. The number of aromatic amines is 1. The molecular weight excluding hydrogens is 278 g/mol. The average Bonchev–Trinajstić information content (AvgIpc) is 3.12. The van der Waals surface area contributed by atoms with E-state index in [0.717, 1.165) is 6.42 Å². The van der Waals surface area contributed by atoms with Gasteiger partial charge < -0.3 is 10.7 Å². The van der Waals surface area contributed by atoms with Crippen LogP contribution in [-0.2, 0) is 9.59 Å². The molecule has 0 bridgehead atoms. The Kier molecular flexibility index (Phi) is 5.12. The van der Waals surface area contributed by atoms with Crippen LogP contribution in [-0.4, -0.2) is 22.8 Å². The number of benzene rings is 1. The molecule has 0 aliphatic carbocycles. The van der Waals surface area contributed by atoms with Gasteiger partial charge in [0.1, 0.15) is 0 Å². The summed E-state index contributed by atoms with van der Waals surface area (Å²) in [6.07, 6.45) is 5.50. The van der Waals surface area contributed by atoms with Crippen molar-refractivity contribution in [2.75, 3.05) is 0 Å². The maximum atomic E-state index is 10.0. The van der Waals surface area contributed by atoms with Crippen LogP contribution >= 0.6 is 0 Å². The first-order valence-electron chi connectivity index (χ1n) is 7.37. The molecule has 0 saturated heterocycles. The lowest BCUT2D eigenvalue weighted by Gasteiger charge is -2.17. The molecule has 0 spiro atoms. The molecule has 0 radical (unpaired) electrons. The van der Waals surface area contributed by atoms with Crippen LogP contribution in [0.15, 0.2) is 42.6 Å². The van der Waals surface area contributed by atoms with Crippen molar-refractivity contribution >= 4 is 22.7 Å². The molecule has 1 aliphatic rings. The minimum absolute atomic E-state index is 0.240. The maximum absolute atomic E-state index is 10.0. The molecule has 2 unspecified atom stereocenters. The molecule has 3 rings (SSSR count). The summed E-state index contributed by atoms with van der Waals surface area (Å²) < 4.78 is 0. The Hall–Kier alpha value is -2.40. The lowest BCUT2D eigenvalue weighted by Crippen LogP contribution is -2.25. The van der Waals surface area contributed by atoms with E-state index in [9.17, 15) is 9.59 Å². The molecule has 116 valence electrons. The third-order valence-corrected chi connectivity index (χ3v) is 3.86. The lowest BCUT2D eigenvalue weighted by atomic mass is 9.92. The monoisotopic (exact) mass is 299 g/mol. The molecule has 22 heavy (non-hydrogen) atoms. The van der Waals surface area contributed by atoms with E-state index in [1.807, 2.05) is 11.4 Å². The smallest absolute Gasteiger partial charge is 0.250 e. The predicted octanol–water partition coefficient (Wildman–Crippen LogP) is 2.21. The summed E-state index contributed by atoms with van der Waals surface area (Å²) >= 11 is 0. The fraction of sp³-hybridized carbons (Fsp3) is 0.294. The van der Waals surface area contributed by atoms with E-state index in [0.29, 0.717) is 5.92 Å². The average molecular weight is 299 g/mol. The van der Waals surface area contributed by atoms with Gasteiger partial charge in [0, 0.05) is 35.3 Å². The van der Waals surface area contributed by atoms with Gasteiger partial charge in [-0.05, 0) is 24.0 Å². The molecule has 2 aromatic rings. The second-order valence-corrected chi connectivity index (χ2v) is 5.34. The Bertz CT molecular complexity index is 687. The molecule has 2 atom stereocenters. The van der Waals surface area contributed by atoms with Gasteiger partial charge in [-0.3, -0.25) is 14.9 Å². The van der Waals surface area contributed by atoms with Crippen LogP contribution in [0.25, 0.3) is 10.9 Å². The number of aromatic nitrogens is 1. The van der Waals surface area contributed by atoms with Crippen molar-refractivity contribution in [2.45, 2.75) is 32.2 Å². The van der Waals surface area contributed by atoms with Crippen LogP contribution in [0, 0.1) is 0 Å². The number of nitrogens with one attached hydrogen (secondary N) is 2. The minimum Gasteiger partial charge on any atom is -0.361 e. The first kappa shape index (κ1) is 16.0. The largest absolute Gasteiger partial charge is 0.361 e. The summed E-state index contributed by atoms with van der Waals surface area (Å²) in [4.78, 5) is 23.4. The number of imide groups is 1. The van der Waals surface area contributed by atoms with Crippen LogP contribution in [0.4, 0.5) is 0 Å². The Morgan fingerprint density at radius 2 is 1.77 bits per heavy atom. The zero-order valence-corrected chi connectivity index (χ0v) is 12.8. The highest BCUT2D eigenvalue weighted by Gasteiger charge is 2.16. The number of hydrogen-bond donors (Lipinski definition) is 3. The van der Waals surface area contributed by atoms with Gasteiger partial charge in [0.2, 0.25) is 0 Å². The Morgan fingerprint density at radius 1 is 1.14 bits per heavy atom. The van der Waals surface area contributed by atoms with E-state index in [1.54, 1.807) is 0 Å². The van der Waals surface area contributed by atoms with Crippen molar-refractivity contribution in [1.82, 2.24) is 10.3 Å². The van der Waals surface area contributed by atoms with Gasteiger partial charge in [-0.25, -0.2) is 0 Å². The van der Waals surface area contributed by atoms with Crippen molar-refractivity contribution in [3.05, 3.63) is 48.2 Å². The highest BCUT2D eigenvalue weighted by molar-refractivity contribution is 6.12. The number of carbonyl (C=O) groups excluding carboxylic acids is 2. The Balaban J connectivity index is 0.000000211. The van der Waals surface area contributed by atoms with Crippen LogP contribution in [0.3, 0.4) is 0 Å². The fourth-order valence-electron chi connectivity index (χ4n) is 2.41. The maximum Gasteiger partial charge on any atom is 0.250 e. The highest BCUT2D eigenvalue weighted by Crippen LogP contribution is 2.27. The van der Waals surface area contributed by atoms with Gasteiger partial charge in [-0.15, -0.1) is 0 Å². The number of para-hydroxylation sites is 1. The molecule has 1 aromatic heterocycles. The molecule has 5 heteroatoms. The van der Waals surface area contributed by atoms with E-state index in [4.69, 9.17) is 5.73 Å². The van der Waals surface area contributed by atoms with Gasteiger partial charge in [-0.1, -0.05) is 32.0 Å². The zero-order valence-electron chi connectivity index (χ0n) is 12.8. The highest BCUT2D eigenvalue weighted by atomic mass is 16.2. The molecule has 1 aromatic carbocycles. The van der Waals surface area contributed by atoms with E-state index in [2.05, 4.69) is 43.2 Å². The number of carbonyl (C=O) groups is 2. The van der Waals surface area contributed by atoms with Gasteiger partial charge >= 0.3 is 0 Å². The topological polar surface area (TPSA) is 88.0 Å². The van der Waals surface area contributed by atoms with Crippen LogP contribution < -0.4 is 11.1 Å². The predicted molar refractivity (Wildman–Crippen MR) is 87.3 cm³/mol. The third-order valence-electron chi connectivity index (χ3n) is 3.86. The van der Waals surface area contributed by atoms with Gasteiger partial charge in [-0.2, -0.15) is 0 Å². The minimum atomic E-state index is -0.329. The van der Waals surface area contributed by atoms with Crippen molar-refractivity contribution in [3.63, 3.8) is 0 Å². The zero-order chi connectivity index (χ0) is 16.1. The van der Waals surface area contributed by atoms with Crippen LogP contribution in [0.1, 0.15) is 31.7 Å². The molecule has 4 N–H and O–H groups in total. The molecule has 2 heterocycles. The number of amides is 2. The standard InChI is InChI=1S/C13H18N2.C4H3NO2/c1-3-12(14)9(2)11-8-15-13-7-5-4-6-10(11)13;6-3-1-2-4(7)5-3/h4-9,12,15H,3,14H2,1-2H3;1-2H,(H,5,6,7). The van der Waals surface area contributed by atoms with Crippen molar-refractivity contribution < 1.29 is 9.59 Å². The van der Waals surface area contributed by atoms with Crippen LogP contribution in [0.2, 0.25) is 0 Å². The number of hydrogen-bond acceptors (Lipinski definition) is 3. The SMILES string of the molecule is CCC(N)C(C)c1c[nH]c2ccccc12.O=C1C=CC(=O)N1. The Labute approximate surface area is 129 Å². The van der Waals surface area contributed by atoms with E-state index in [-0.39, 0.29) is 17.9 Å². The summed E-state index contributed by atoms with van der Waals surface area (Å²) in [5.41, 5.74) is 8.62. The first-order valence-corrected chi connectivity index (χ1v) is 7.37. The van der Waals surface area contributed by atoms with Crippen LogP contribution in [0.5, 0.6) is 0 Å². The summed E-state index contributed by atoms with van der Waals surface area (Å²) in [6, 6.07) is 8.61. The molecule has 5 nitrogen and oxygen atoms in total. The second kappa shape index (κ2) is 7.04. The summed E-state index contributed by atoms with van der Waals surface area (Å²) in [6.45, 7) is 4.33. The van der Waals surface area contributed by atoms with E-state index < -0.39 is 0 Å². The quantitative estimate of drug-likeness (QED) is 0.759. The van der Waals surface area contributed by atoms with Crippen molar-refractivity contribution in [3.8, 4) is 0 Å². The number of fused-ring (bicyclic) bond motifs is 1. The fourth-order valence-corrected chi connectivity index (χ4v) is 2.41. The molecule has 1 aliphatic heterocycles. The molecular formula is C17H21N3O2. The first-order chi connectivity index (χ1) is 10.5. The van der Waals surface area contributed by atoms with Gasteiger partial charge in [0.15, 0.2) is 0 Å².